The van der Waals surface area contributed by atoms with Crippen molar-refractivity contribution >= 4 is 17.9 Å². The molecule has 12 N–H and O–H groups in total. The molecule has 0 saturated heterocycles. The van der Waals surface area contributed by atoms with Crippen LogP contribution < -0.4 is 34.4 Å². The van der Waals surface area contributed by atoms with Gasteiger partial charge in [0.15, 0.2) is 6.10 Å². The van der Waals surface area contributed by atoms with Crippen molar-refractivity contribution in [3.8, 4) is 0 Å². The summed E-state index contributed by atoms with van der Waals surface area (Å²) in [4.78, 5) is 36.6. The van der Waals surface area contributed by atoms with Crippen LogP contribution in [0.1, 0.15) is 57.8 Å². The summed E-state index contributed by atoms with van der Waals surface area (Å²) in [6.07, 6.45) is 4.41. The number of carbonyl (C=O) groups is 3. The number of rotatable bonds is 20. The van der Waals surface area contributed by atoms with Crippen molar-refractivity contribution < 1.29 is 28.6 Å². The fourth-order valence-corrected chi connectivity index (χ4v) is 2.81. The van der Waals surface area contributed by atoms with E-state index in [0.29, 0.717) is 58.2 Å². The molecule has 0 bridgehead atoms. The Hall–Kier alpha value is -1.83. The fourth-order valence-electron chi connectivity index (χ4n) is 2.81. The van der Waals surface area contributed by atoms with Gasteiger partial charge in [-0.1, -0.05) is 19.3 Å². The van der Waals surface area contributed by atoms with E-state index in [9.17, 15) is 14.4 Å². The SMILES string of the molecule is NCCCCC(N)C(=O)OCC(COC(=O)C(N)CCCCN)OC(=O)C(N)CCCCN. The number of ether oxygens (including phenoxy) is 3. The van der Waals surface area contributed by atoms with Crippen LogP contribution in [-0.2, 0) is 28.6 Å². The number of esters is 3. The summed E-state index contributed by atoms with van der Waals surface area (Å²) in [6.45, 7) is 0.838. The molecule has 12 nitrogen and oxygen atoms in total. The van der Waals surface area contributed by atoms with Gasteiger partial charge in [-0.15, -0.1) is 0 Å². The van der Waals surface area contributed by atoms with Gasteiger partial charge in [0.2, 0.25) is 0 Å². The van der Waals surface area contributed by atoms with Crippen LogP contribution in [0.5, 0.6) is 0 Å². The number of carbonyl (C=O) groups excluding carboxylic acids is 3. The Labute approximate surface area is 196 Å². The Morgan fingerprint density at radius 2 is 0.879 bits per heavy atom. The first-order chi connectivity index (χ1) is 15.8. The quantitative estimate of drug-likeness (QED) is 0.0658. The van der Waals surface area contributed by atoms with Crippen molar-refractivity contribution in [2.24, 2.45) is 34.4 Å². The zero-order valence-corrected chi connectivity index (χ0v) is 19.6. The van der Waals surface area contributed by atoms with Crippen LogP contribution >= 0.6 is 0 Å². The Balaban J connectivity index is 4.81. The number of hydrogen-bond donors (Lipinski definition) is 6. The molecule has 0 rings (SSSR count). The maximum Gasteiger partial charge on any atom is 0.323 e. The smallest absolute Gasteiger partial charge is 0.323 e. The Morgan fingerprint density at radius 3 is 1.21 bits per heavy atom. The van der Waals surface area contributed by atoms with Gasteiger partial charge in [0, 0.05) is 0 Å². The predicted octanol–water partition coefficient (Wildman–Crippen LogP) is -1.65. The molecular formula is C21H44N6O6. The van der Waals surface area contributed by atoms with Crippen molar-refractivity contribution in [3.05, 3.63) is 0 Å². The molecule has 0 fully saturated rings. The van der Waals surface area contributed by atoms with Gasteiger partial charge in [0.1, 0.15) is 31.3 Å². The zero-order chi connectivity index (χ0) is 25.1. The van der Waals surface area contributed by atoms with Crippen LogP contribution in [0, 0.1) is 0 Å². The molecule has 194 valence electrons. The summed E-state index contributed by atoms with van der Waals surface area (Å²) in [5.74, 6) is -1.99. The number of unbranched alkanes of at least 4 members (excludes halogenated alkanes) is 3. The Kier molecular flexibility index (Phi) is 18.5. The highest BCUT2D eigenvalue weighted by atomic mass is 16.6. The molecule has 0 spiro atoms. The molecule has 3 unspecified atom stereocenters. The first-order valence-corrected chi connectivity index (χ1v) is 11.7. The Bertz CT molecular complexity index is 521. The van der Waals surface area contributed by atoms with Gasteiger partial charge < -0.3 is 48.6 Å². The first-order valence-electron chi connectivity index (χ1n) is 11.7. The maximum absolute atomic E-state index is 12.3. The molecule has 0 radical (unpaired) electrons. The maximum atomic E-state index is 12.3. The summed E-state index contributed by atoms with van der Waals surface area (Å²) in [7, 11) is 0. The van der Waals surface area contributed by atoms with Crippen LogP contribution in [0.25, 0.3) is 0 Å². The van der Waals surface area contributed by atoms with E-state index in [-0.39, 0.29) is 13.2 Å². The van der Waals surface area contributed by atoms with Crippen LogP contribution in [0.3, 0.4) is 0 Å². The monoisotopic (exact) mass is 476 g/mol. The predicted molar refractivity (Wildman–Crippen MR) is 124 cm³/mol. The van der Waals surface area contributed by atoms with E-state index in [1.807, 2.05) is 0 Å². The second-order valence-electron chi connectivity index (χ2n) is 7.99. The zero-order valence-electron chi connectivity index (χ0n) is 19.6. The standard InChI is InChI=1S/C21H44N6O6/c22-10-4-1-7-16(25)19(28)31-13-15(33-21(30)18(27)9-3-6-12-24)14-32-20(29)17(26)8-2-5-11-23/h15-18H,1-14,22-27H2. The second kappa shape index (κ2) is 19.6. The highest BCUT2D eigenvalue weighted by molar-refractivity contribution is 5.77. The molecule has 33 heavy (non-hydrogen) atoms. The summed E-state index contributed by atoms with van der Waals surface area (Å²) in [6, 6.07) is -2.53. The average molecular weight is 477 g/mol. The van der Waals surface area contributed by atoms with E-state index >= 15 is 0 Å². The molecule has 0 saturated carbocycles. The topological polar surface area (TPSA) is 235 Å². The van der Waals surface area contributed by atoms with Gasteiger partial charge in [0.05, 0.1) is 0 Å². The summed E-state index contributed by atoms with van der Waals surface area (Å²) >= 11 is 0. The molecule has 0 heterocycles. The van der Waals surface area contributed by atoms with Gasteiger partial charge in [0.25, 0.3) is 0 Å². The normalized spacial score (nSPS) is 14.7. The Morgan fingerprint density at radius 1 is 0.545 bits per heavy atom. The molecule has 3 atom stereocenters. The molecule has 0 amide bonds. The summed E-state index contributed by atoms with van der Waals surface area (Å²) in [5, 5.41) is 0. The lowest BCUT2D eigenvalue weighted by Crippen LogP contribution is -2.41. The van der Waals surface area contributed by atoms with E-state index in [1.165, 1.54) is 0 Å². The molecule has 0 aliphatic rings. The summed E-state index contributed by atoms with van der Waals surface area (Å²) < 4.78 is 15.7. The fraction of sp³-hybridized carbons (Fsp3) is 0.857. The largest absolute Gasteiger partial charge is 0.460 e. The molecule has 0 aliphatic carbocycles. The third-order valence-corrected chi connectivity index (χ3v) is 4.92. The lowest BCUT2D eigenvalue weighted by atomic mass is 10.1. The molecule has 0 aliphatic heterocycles. The van der Waals surface area contributed by atoms with E-state index in [2.05, 4.69) is 0 Å². The lowest BCUT2D eigenvalue weighted by molar-refractivity contribution is -0.168. The number of nitrogens with two attached hydrogens (primary N) is 6. The van der Waals surface area contributed by atoms with Crippen LogP contribution in [0.15, 0.2) is 0 Å². The molecule has 0 aromatic rings. The van der Waals surface area contributed by atoms with E-state index in [4.69, 9.17) is 48.6 Å². The van der Waals surface area contributed by atoms with E-state index in [1.54, 1.807) is 0 Å². The van der Waals surface area contributed by atoms with Crippen LogP contribution in [0.2, 0.25) is 0 Å². The molecule has 0 aromatic carbocycles. The molecular weight excluding hydrogens is 432 g/mol. The van der Waals surface area contributed by atoms with Crippen LogP contribution in [-0.4, -0.2) is 75.0 Å². The third kappa shape index (κ3) is 15.6. The van der Waals surface area contributed by atoms with Crippen molar-refractivity contribution in [2.75, 3.05) is 32.8 Å². The van der Waals surface area contributed by atoms with Crippen LogP contribution in [0.4, 0.5) is 0 Å². The lowest BCUT2D eigenvalue weighted by Gasteiger charge is -2.22. The summed E-state index contributed by atoms with van der Waals surface area (Å²) in [5.41, 5.74) is 33.8. The van der Waals surface area contributed by atoms with E-state index < -0.39 is 42.1 Å². The minimum absolute atomic E-state index is 0.333. The third-order valence-electron chi connectivity index (χ3n) is 4.92. The van der Waals surface area contributed by atoms with Gasteiger partial charge in [-0.05, 0) is 58.2 Å². The van der Waals surface area contributed by atoms with Gasteiger partial charge in [-0.25, -0.2) is 0 Å². The average Bonchev–Trinajstić information content (AvgIpc) is 2.80. The van der Waals surface area contributed by atoms with Crippen molar-refractivity contribution in [3.63, 3.8) is 0 Å². The van der Waals surface area contributed by atoms with Gasteiger partial charge in [-0.3, -0.25) is 14.4 Å². The number of hydrogen-bond acceptors (Lipinski definition) is 12. The molecule has 12 heteroatoms. The molecule has 0 aromatic heterocycles. The van der Waals surface area contributed by atoms with Gasteiger partial charge >= 0.3 is 17.9 Å². The second-order valence-corrected chi connectivity index (χ2v) is 7.99. The van der Waals surface area contributed by atoms with Crippen molar-refractivity contribution in [1.29, 1.82) is 0 Å². The first kappa shape index (κ1) is 31.2. The van der Waals surface area contributed by atoms with E-state index in [0.717, 1.165) is 19.3 Å². The van der Waals surface area contributed by atoms with Crippen molar-refractivity contribution in [1.82, 2.24) is 0 Å². The van der Waals surface area contributed by atoms with Gasteiger partial charge in [-0.2, -0.15) is 0 Å². The minimum Gasteiger partial charge on any atom is -0.460 e. The minimum atomic E-state index is -1.04. The highest BCUT2D eigenvalue weighted by Crippen LogP contribution is 2.07. The highest BCUT2D eigenvalue weighted by Gasteiger charge is 2.25. The van der Waals surface area contributed by atoms with Crippen molar-refractivity contribution in [2.45, 2.75) is 82.0 Å².